The van der Waals surface area contributed by atoms with Crippen LogP contribution in [-0.2, 0) is 4.79 Å². The number of aromatic nitrogens is 1. The number of halogens is 1. The highest BCUT2D eigenvalue weighted by atomic mass is 35.5. The first-order valence-corrected chi connectivity index (χ1v) is 6.55. The second-order valence-corrected chi connectivity index (χ2v) is 4.77. The van der Waals surface area contributed by atoms with E-state index in [0.717, 1.165) is 11.1 Å². The fraction of sp³-hybridized carbons (Fsp3) is 0.200. The zero-order chi connectivity index (χ0) is 14.5. The summed E-state index contributed by atoms with van der Waals surface area (Å²) in [4.78, 5) is 15.8. The van der Waals surface area contributed by atoms with Crippen LogP contribution in [0, 0.1) is 13.8 Å². The maximum absolute atomic E-state index is 11.8. The van der Waals surface area contributed by atoms with Crippen LogP contribution in [0.3, 0.4) is 0 Å². The summed E-state index contributed by atoms with van der Waals surface area (Å²) in [6.45, 7) is 3.89. The summed E-state index contributed by atoms with van der Waals surface area (Å²) in [7, 11) is 0. The molecule has 0 aliphatic heterocycles. The van der Waals surface area contributed by atoms with Gasteiger partial charge in [-0.15, -0.1) is 0 Å². The van der Waals surface area contributed by atoms with Crippen molar-refractivity contribution in [2.45, 2.75) is 13.8 Å². The third kappa shape index (κ3) is 3.71. The van der Waals surface area contributed by atoms with Crippen molar-refractivity contribution in [3.8, 4) is 5.75 Å². The van der Waals surface area contributed by atoms with Crippen molar-refractivity contribution in [2.24, 2.45) is 0 Å². The maximum atomic E-state index is 11.8. The highest BCUT2D eigenvalue weighted by Gasteiger charge is 2.07. The van der Waals surface area contributed by atoms with E-state index in [-0.39, 0.29) is 12.5 Å². The molecule has 1 aromatic heterocycles. The Kier molecular flexibility index (Phi) is 4.58. The van der Waals surface area contributed by atoms with E-state index in [1.807, 2.05) is 32.0 Å². The fourth-order valence-electron chi connectivity index (χ4n) is 1.68. The topological polar surface area (TPSA) is 51.2 Å². The summed E-state index contributed by atoms with van der Waals surface area (Å²) < 4.78 is 5.51. The molecule has 20 heavy (non-hydrogen) atoms. The molecule has 5 heteroatoms. The van der Waals surface area contributed by atoms with E-state index in [1.165, 1.54) is 0 Å². The molecule has 1 amide bonds. The van der Waals surface area contributed by atoms with Gasteiger partial charge in [-0.1, -0.05) is 29.8 Å². The van der Waals surface area contributed by atoms with Gasteiger partial charge >= 0.3 is 0 Å². The van der Waals surface area contributed by atoms with Gasteiger partial charge in [-0.25, -0.2) is 4.98 Å². The quantitative estimate of drug-likeness (QED) is 0.878. The molecule has 2 rings (SSSR count). The monoisotopic (exact) mass is 290 g/mol. The minimum absolute atomic E-state index is 0.0709. The van der Waals surface area contributed by atoms with Crippen LogP contribution in [0.25, 0.3) is 0 Å². The van der Waals surface area contributed by atoms with Crippen molar-refractivity contribution in [1.82, 2.24) is 4.98 Å². The van der Waals surface area contributed by atoms with Gasteiger partial charge in [0.05, 0.1) is 0 Å². The van der Waals surface area contributed by atoms with Gasteiger partial charge in [0.15, 0.2) is 6.61 Å². The average Bonchev–Trinajstić information content (AvgIpc) is 2.40. The number of hydrogen-bond donors (Lipinski definition) is 1. The number of carbonyl (C=O) groups excluding carboxylic acids is 1. The van der Waals surface area contributed by atoms with Gasteiger partial charge in [0.1, 0.15) is 16.7 Å². The van der Waals surface area contributed by atoms with E-state index >= 15 is 0 Å². The van der Waals surface area contributed by atoms with Crippen LogP contribution < -0.4 is 10.1 Å². The van der Waals surface area contributed by atoms with Crippen LogP contribution >= 0.6 is 11.6 Å². The normalized spacial score (nSPS) is 10.2. The van der Waals surface area contributed by atoms with Crippen LogP contribution in [0.4, 0.5) is 5.82 Å². The average molecular weight is 291 g/mol. The first-order valence-electron chi connectivity index (χ1n) is 6.17. The lowest BCUT2D eigenvalue weighted by Gasteiger charge is -2.10. The molecule has 0 aliphatic carbocycles. The molecule has 0 spiro atoms. The first kappa shape index (κ1) is 14.3. The number of rotatable bonds is 4. The van der Waals surface area contributed by atoms with Crippen LogP contribution in [0.15, 0.2) is 36.4 Å². The second-order valence-electron chi connectivity index (χ2n) is 4.38. The molecule has 1 heterocycles. The molecule has 1 aromatic carbocycles. The number of pyridine rings is 1. The van der Waals surface area contributed by atoms with E-state index in [4.69, 9.17) is 16.3 Å². The summed E-state index contributed by atoms with van der Waals surface area (Å²) in [6.07, 6.45) is 0. The van der Waals surface area contributed by atoms with Crippen LogP contribution in [0.5, 0.6) is 5.75 Å². The summed E-state index contributed by atoms with van der Waals surface area (Å²) in [5.41, 5.74) is 2.15. The van der Waals surface area contributed by atoms with Gasteiger partial charge in [-0.3, -0.25) is 4.79 Å². The third-order valence-electron chi connectivity index (χ3n) is 2.90. The van der Waals surface area contributed by atoms with Gasteiger partial charge in [0.25, 0.3) is 5.91 Å². The van der Waals surface area contributed by atoms with Crippen molar-refractivity contribution in [3.05, 3.63) is 52.7 Å². The van der Waals surface area contributed by atoms with E-state index in [2.05, 4.69) is 10.3 Å². The highest BCUT2D eigenvalue weighted by molar-refractivity contribution is 6.29. The first-order chi connectivity index (χ1) is 9.56. The number of carbonyl (C=O) groups is 1. The lowest BCUT2D eigenvalue weighted by atomic mass is 10.1. The summed E-state index contributed by atoms with van der Waals surface area (Å²) in [6, 6.07) is 10.8. The van der Waals surface area contributed by atoms with Crippen LogP contribution in [0.1, 0.15) is 11.1 Å². The molecule has 2 aromatic rings. The Morgan fingerprint density at radius 3 is 2.75 bits per heavy atom. The summed E-state index contributed by atoms with van der Waals surface area (Å²) in [5, 5.41) is 2.96. The van der Waals surface area contributed by atoms with Gasteiger partial charge in [0.2, 0.25) is 0 Å². The van der Waals surface area contributed by atoms with Crippen molar-refractivity contribution in [2.75, 3.05) is 11.9 Å². The Hall–Kier alpha value is -2.07. The third-order valence-corrected chi connectivity index (χ3v) is 3.11. The zero-order valence-electron chi connectivity index (χ0n) is 11.3. The minimum atomic E-state index is -0.277. The van der Waals surface area contributed by atoms with E-state index in [9.17, 15) is 4.79 Å². The van der Waals surface area contributed by atoms with Gasteiger partial charge < -0.3 is 10.1 Å². The molecule has 0 saturated heterocycles. The molecule has 104 valence electrons. The van der Waals surface area contributed by atoms with E-state index < -0.39 is 0 Å². The van der Waals surface area contributed by atoms with Crippen molar-refractivity contribution in [3.63, 3.8) is 0 Å². The van der Waals surface area contributed by atoms with Gasteiger partial charge in [-0.05, 0) is 43.2 Å². The molecule has 0 bridgehead atoms. The molecule has 0 atom stereocenters. The molecule has 0 fully saturated rings. The fourth-order valence-corrected chi connectivity index (χ4v) is 1.84. The zero-order valence-corrected chi connectivity index (χ0v) is 12.1. The van der Waals surface area contributed by atoms with Gasteiger partial charge in [-0.2, -0.15) is 0 Å². The van der Waals surface area contributed by atoms with Gasteiger partial charge in [0, 0.05) is 0 Å². The van der Waals surface area contributed by atoms with Crippen LogP contribution in [-0.4, -0.2) is 17.5 Å². The Morgan fingerprint density at radius 2 is 2.00 bits per heavy atom. The lowest BCUT2D eigenvalue weighted by molar-refractivity contribution is -0.118. The predicted molar refractivity (Wildman–Crippen MR) is 79.3 cm³/mol. The molecule has 0 saturated carbocycles. The summed E-state index contributed by atoms with van der Waals surface area (Å²) >= 11 is 5.75. The van der Waals surface area contributed by atoms with Crippen molar-refractivity contribution in [1.29, 1.82) is 0 Å². The molecule has 4 nitrogen and oxygen atoms in total. The number of hydrogen-bond acceptors (Lipinski definition) is 3. The number of anilines is 1. The summed E-state index contributed by atoms with van der Waals surface area (Å²) in [5.74, 6) is 0.840. The number of benzene rings is 1. The Balaban J connectivity index is 1.94. The molecular formula is C15H15ClN2O2. The Morgan fingerprint density at radius 1 is 1.25 bits per heavy atom. The van der Waals surface area contributed by atoms with E-state index in [1.54, 1.807) is 18.2 Å². The Bertz CT molecular complexity index is 629. The molecule has 0 unspecified atom stereocenters. The van der Waals surface area contributed by atoms with Crippen molar-refractivity contribution >= 4 is 23.3 Å². The maximum Gasteiger partial charge on any atom is 0.263 e. The van der Waals surface area contributed by atoms with Crippen LogP contribution in [0.2, 0.25) is 5.15 Å². The SMILES string of the molecule is Cc1cccc(OCC(=O)Nc2cccc(Cl)n2)c1C. The standard InChI is InChI=1S/C15H15ClN2O2/c1-10-5-3-6-12(11(10)2)20-9-15(19)18-14-8-4-7-13(16)17-14/h3-8H,9H2,1-2H3,(H,17,18,19). The van der Waals surface area contributed by atoms with E-state index in [0.29, 0.717) is 16.7 Å². The number of aryl methyl sites for hydroxylation is 1. The molecule has 1 N–H and O–H groups in total. The minimum Gasteiger partial charge on any atom is -0.483 e. The molecular weight excluding hydrogens is 276 g/mol. The number of ether oxygens (including phenoxy) is 1. The highest BCUT2D eigenvalue weighted by Crippen LogP contribution is 2.20. The number of nitrogens with zero attached hydrogens (tertiary/aromatic N) is 1. The Labute approximate surface area is 122 Å². The predicted octanol–water partition coefficient (Wildman–Crippen LogP) is 3.37. The molecule has 0 aliphatic rings. The smallest absolute Gasteiger partial charge is 0.263 e. The number of amides is 1. The number of nitrogens with one attached hydrogen (secondary N) is 1. The lowest BCUT2D eigenvalue weighted by Crippen LogP contribution is -2.21. The van der Waals surface area contributed by atoms with Crippen molar-refractivity contribution < 1.29 is 9.53 Å². The largest absolute Gasteiger partial charge is 0.483 e. The second kappa shape index (κ2) is 6.39. The molecule has 0 radical (unpaired) electrons.